The van der Waals surface area contributed by atoms with E-state index in [9.17, 15) is 33.6 Å². The molecule has 5 amide bonds. The molecule has 0 spiro atoms. The molecule has 0 radical (unpaired) electrons. The Hall–Kier alpha value is -5.44. The predicted molar refractivity (Wildman–Crippen MR) is 231 cm³/mol. The van der Waals surface area contributed by atoms with E-state index in [4.69, 9.17) is 25.8 Å². The maximum Gasteiger partial charge on any atom is 0.407 e. The second-order valence-corrected chi connectivity index (χ2v) is 15.7. The molecule has 0 aliphatic carbocycles. The molecule has 3 atom stereocenters. The van der Waals surface area contributed by atoms with E-state index >= 15 is 0 Å². The third kappa shape index (κ3) is 24.5. The minimum atomic E-state index is -0.866. The van der Waals surface area contributed by atoms with Gasteiger partial charge in [-0.25, -0.2) is 9.59 Å². The monoisotopic (exact) mass is 857 g/mol. The quantitative estimate of drug-likeness (QED) is 0.0274. The Balaban J connectivity index is 2.51. The summed E-state index contributed by atoms with van der Waals surface area (Å²) in [5.74, 6) is -1.49. The van der Waals surface area contributed by atoms with Gasteiger partial charge in [0.05, 0.1) is 7.11 Å². The fraction of sp³-hybridized carbons (Fsp3) is 0.523. The van der Waals surface area contributed by atoms with Crippen LogP contribution in [-0.4, -0.2) is 98.9 Å². The van der Waals surface area contributed by atoms with E-state index in [-0.39, 0.29) is 36.6 Å². The summed E-state index contributed by atoms with van der Waals surface area (Å²) in [5.41, 5.74) is 0.298. The maximum absolute atomic E-state index is 13.2. The van der Waals surface area contributed by atoms with Crippen molar-refractivity contribution in [1.82, 2.24) is 26.2 Å². The number of ether oxygens (including phenoxy) is 3. The highest BCUT2D eigenvalue weighted by Crippen LogP contribution is 2.20. The van der Waals surface area contributed by atoms with E-state index in [1.54, 1.807) is 44.4 Å². The molecule has 0 aromatic carbocycles. The number of carbonyl (C=O) groups is 7. The molecule has 16 heteroatoms. The molecule has 0 aromatic rings. The number of carbonyl (C=O) groups excluding carboxylic acids is 7. The number of halogens is 1. The molecule has 1 rings (SSSR count). The summed E-state index contributed by atoms with van der Waals surface area (Å²) in [5, 5.41) is 11.5. The predicted octanol–water partition coefficient (Wildman–Crippen LogP) is 5.74. The Morgan fingerprint density at radius 1 is 0.967 bits per heavy atom. The van der Waals surface area contributed by atoms with Crippen LogP contribution in [0.5, 0.6) is 0 Å². The first kappa shape index (κ1) is 52.6. The highest BCUT2D eigenvalue weighted by atomic mass is 35.5. The van der Waals surface area contributed by atoms with E-state index in [0.717, 1.165) is 24.5 Å². The zero-order chi connectivity index (χ0) is 44.9. The molecule has 15 nitrogen and oxygen atoms in total. The van der Waals surface area contributed by atoms with Gasteiger partial charge >= 0.3 is 12.1 Å². The molecule has 0 aromatic heterocycles. The van der Waals surface area contributed by atoms with Gasteiger partial charge in [0.15, 0.2) is 5.76 Å². The fourth-order valence-corrected chi connectivity index (χ4v) is 5.47. The van der Waals surface area contributed by atoms with Gasteiger partial charge < -0.3 is 40.4 Å². The van der Waals surface area contributed by atoms with Crippen molar-refractivity contribution >= 4 is 53.6 Å². The van der Waals surface area contributed by atoms with Crippen molar-refractivity contribution in [3.63, 3.8) is 0 Å². The molecule has 1 aliphatic heterocycles. The van der Waals surface area contributed by atoms with Crippen LogP contribution >= 0.6 is 11.6 Å². The Bertz CT molecular complexity index is 1650. The van der Waals surface area contributed by atoms with Crippen LogP contribution in [-0.2, 0) is 43.0 Å². The van der Waals surface area contributed by atoms with Gasteiger partial charge in [0, 0.05) is 76.0 Å². The van der Waals surface area contributed by atoms with Crippen molar-refractivity contribution in [2.45, 2.75) is 111 Å². The molecule has 0 saturated heterocycles. The van der Waals surface area contributed by atoms with Crippen molar-refractivity contribution in [2.75, 3.05) is 33.8 Å². The van der Waals surface area contributed by atoms with Crippen molar-refractivity contribution in [3.8, 4) is 0 Å². The zero-order valence-corrected chi connectivity index (χ0v) is 36.8. The van der Waals surface area contributed by atoms with Crippen LogP contribution in [0.4, 0.5) is 4.79 Å². The third-order valence-corrected chi connectivity index (χ3v) is 8.96. The summed E-state index contributed by atoms with van der Waals surface area (Å²) in [4.78, 5) is 86.1. The number of rotatable bonds is 26. The topological polar surface area (TPSA) is 199 Å². The number of nitrogens with zero attached hydrogens (tertiary/aromatic N) is 1. The lowest BCUT2D eigenvalue weighted by atomic mass is 9.86. The SMILES string of the molecule is COC1=CCC(C/C=C(C)/C=C\C=C/C(=O)NC(C(=O)N/C=C\CC(C/C=C(\C)Cl)OC(=O)NCCCNC(=O)CCCCCN(C)C(=O)/C=C\C=O)C(C)(C)C)OC1=O. The first-order valence-corrected chi connectivity index (χ1v) is 20.5. The Kier molecular flexibility index (Phi) is 26.0. The van der Waals surface area contributed by atoms with Crippen molar-refractivity contribution in [1.29, 1.82) is 0 Å². The van der Waals surface area contributed by atoms with Gasteiger partial charge in [-0.3, -0.25) is 24.0 Å². The molecule has 1 aliphatic rings. The molecule has 4 N–H and O–H groups in total. The van der Waals surface area contributed by atoms with Gasteiger partial charge in [0.2, 0.25) is 23.6 Å². The highest BCUT2D eigenvalue weighted by Gasteiger charge is 2.32. The average Bonchev–Trinajstić information content (AvgIpc) is 3.19. The van der Waals surface area contributed by atoms with Crippen LogP contribution < -0.4 is 21.3 Å². The van der Waals surface area contributed by atoms with Crippen LogP contribution in [0.15, 0.2) is 83.3 Å². The number of likely N-dealkylation sites (N-methyl/N-ethyl adjacent to an activating group) is 1. The summed E-state index contributed by atoms with van der Waals surface area (Å²) in [6.45, 7) is 10.3. The van der Waals surface area contributed by atoms with Crippen molar-refractivity contribution in [2.24, 2.45) is 5.41 Å². The molecular weight excluding hydrogens is 794 g/mol. The summed E-state index contributed by atoms with van der Waals surface area (Å²) < 4.78 is 15.9. The molecule has 3 unspecified atom stereocenters. The number of cyclic esters (lactones) is 1. The number of amides is 5. The van der Waals surface area contributed by atoms with E-state index in [0.29, 0.717) is 62.9 Å². The second-order valence-electron chi connectivity index (χ2n) is 15.1. The number of unbranched alkanes of at least 4 members (excludes halogenated alkanes) is 2. The summed E-state index contributed by atoms with van der Waals surface area (Å²) >= 11 is 6.02. The van der Waals surface area contributed by atoms with Crippen molar-refractivity contribution in [3.05, 3.63) is 83.3 Å². The van der Waals surface area contributed by atoms with Crippen LogP contribution in [0.25, 0.3) is 0 Å². The van der Waals surface area contributed by atoms with E-state index in [1.165, 1.54) is 30.4 Å². The number of aldehydes is 1. The number of allylic oxidation sites excluding steroid dienone is 6. The molecule has 0 saturated carbocycles. The maximum atomic E-state index is 13.2. The lowest BCUT2D eigenvalue weighted by Gasteiger charge is -2.29. The largest absolute Gasteiger partial charge is 0.490 e. The number of nitrogens with one attached hydrogen (secondary N) is 4. The number of alkyl carbamates (subject to hydrolysis) is 1. The van der Waals surface area contributed by atoms with Gasteiger partial charge in [-0.2, -0.15) is 0 Å². The average molecular weight is 858 g/mol. The first-order chi connectivity index (χ1) is 28.5. The molecule has 332 valence electrons. The van der Waals surface area contributed by atoms with Crippen LogP contribution in [0, 0.1) is 5.41 Å². The summed E-state index contributed by atoms with van der Waals surface area (Å²) in [7, 11) is 3.08. The standard InChI is InChI=1S/C44H64ClN5O10/c1-32(21-23-35-25-26-36(58-7)42(56)59-35)16-10-11-19-38(53)49-40(44(3,4)5)41(55)47-27-13-17-34(24-22-33(2)45)60-43(57)48-29-15-28-46-37(52)18-9-8-12-30-50(6)39(54)20-14-31-51/h10-11,13-14,16,19-22,26-27,31,34-35,40H,8-9,12,15,17-18,23-25,28-30H2,1-7H3,(H,46,52)(H,47,55)(H,48,57)(H,49,53)/b16-10-,19-11-,20-14-,27-13-,32-21+,33-22+. The number of hydrogen-bond donors (Lipinski definition) is 4. The normalized spacial score (nSPS) is 16.0. The van der Waals surface area contributed by atoms with Crippen LogP contribution in [0.1, 0.15) is 92.4 Å². The van der Waals surface area contributed by atoms with E-state index < -0.39 is 41.4 Å². The van der Waals surface area contributed by atoms with Gasteiger partial charge in [-0.15, -0.1) is 0 Å². The minimum absolute atomic E-state index is 0.0995. The van der Waals surface area contributed by atoms with Gasteiger partial charge in [-0.1, -0.05) is 80.8 Å². The lowest BCUT2D eigenvalue weighted by molar-refractivity contribution is -0.149. The first-order valence-electron chi connectivity index (χ1n) is 20.1. The van der Waals surface area contributed by atoms with E-state index in [2.05, 4.69) is 21.3 Å². The molecular formula is C44H64ClN5O10. The molecule has 0 bridgehead atoms. The number of methoxy groups -OCH3 is 1. The number of esters is 1. The summed E-state index contributed by atoms with van der Waals surface area (Å²) in [6.07, 6.45) is 21.0. The van der Waals surface area contributed by atoms with E-state index in [1.807, 2.05) is 39.8 Å². The van der Waals surface area contributed by atoms with Crippen LogP contribution in [0.2, 0.25) is 0 Å². The summed E-state index contributed by atoms with van der Waals surface area (Å²) in [6, 6.07) is -0.866. The zero-order valence-electron chi connectivity index (χ0n) is 36.1. The Labute approximate surface area is 359 Å². The van der Waals surface area contributed by atoms with Crippen molar-refractivity contribution < 1.29 is 47.8 Å². The van der Waals surface area contributed by atoms with Gasteiger partial charge in [0.1, 0.15) is 24.5 Å². The van der Waals surface area contributed by atoms with Crippen LogP contribution in [0.3, 0.4) is 0 Å². The van der Waals surface area contributed by atoms with Gasteiger partial charge in [-0.05, 0) is 56.9 Å². The van der Waals surface area contributed by atoms with Gasteiger partial charge in [0.25, 0.3) is 0 Å². The lowest BCUT2D eigenvalue weighted by Crippen LogP contribution is -2.52. The third-order valence-electron chi connectivity index (χ3n) is 8.81. The fourth-order valence-electron chi connectivity index (χ4n) is 5.38. The molecule has 60 heavy (non-hydrogen) atoms. The molecule has 0 fully saturated rings. The second kappa shape index (κ2) is 29.7. The molecule has 1 heterocycles. The highest BCUT2D eigenvalue weighted by molar-refractivity contribution is 6.29. The Morgan fingerprint density at radius 3 is 2.35 bits per heavy atom. The number of hydrogen-bond acceptors (Lipinski definition) is 10. The Morgan fingerprint density at radius 2 is 1.68 bits per heavy atom. The smallest absolute Gasteiger partial charge is 0.407 e. The minimum Gasteiger partial charge on any atom is -0.490 e.